The molecule has 0 saturated carbocycles. The van der Waals surface area contributed by atoms with Gasteiger partial charge < -0.3 is 45.0 Å². The summed E-state index contributed by atoms with van der Waals surface area (Å²) in [4.78, 5) is 0. The molecule has 1 fully saturated rings. The molecule has 0 radical (unpaired) electrons. The average Bonchev–Trinajstić information content (AvgIpc) is 3.05. The Bertz CT molecular complexity index is 608. The van der Waals surface area contributed by atoms with Gasteiger partial charge in [-0.05, 0) is 63.0 Å². The van der Waals surface area contributed by atoms with Gasteiger partial charge in [0.05, 0.1) is 12.6 Å². The van der Waals surface area contributed by atoms with E-state index in [1.165, 1.54) is 12.8 Å². The van der Waals surface area contributed by atoms with Crippen molar-refractivity contribution in [1.82, 2.24) is 10.6 Å². The molecule has 2 heterocycles. The maximum atomic E-state index is 9.56. The number of aliphatic hydroxyl groups excluding tert-OH is 1. The van der Waals surface area contributed by atoms with E-state index in [0.29, 0.717) is 0 Å². The molecule has 0 spiro atoms. The van der Waals surface area contributed by atoms with Gasteiger partial charge >= 0.3 is 0 Å². The van der Waals surface area contributed by atoms with Crippen molar-refractivity contribution in [2.75, 3.05) is 19.6 Å². The maximum Gasteiger partial charge on any atom is 0.134 e. The first kappa shape index (κ1) is 22.0. The molecule has 140 valence electrons. The largest absolute Gasteiger partial charge is 1.00 e. The quantitative estimate of drug-likeness (QED) is 0.500. The molecule has 1 aliphatic heterocycles. The summed E-state index contributed by atoms with van der Waals surface area (Å²) in [7, 11) is 0. The molecule has 3 N–H and O–H groups in total. The van der Waals surface area contributed by atoms with E-state index >= 15 is 0 Å². The van der Waals surface area contributed by atoms with Gasteiger partial charge in [-0.15, -0.1) is 0 Å². The lowest BCUT2D eigenvalue weighted by molar-refractivity contribution is -0.001000. The summed E-state index contributed by atoms with van der Waals surface area (Å²) < 4.78 is 5.92. The summed E-state index contributed by atoms with van der Waals surface area (Å²) in [6.45, 7) is 5.88. The van der Waals surface area contributed by atoms with E-state index < -0.39 is 6.10 Å². The Kier molecular flexibility index (Phi) is 9.54. The molecule has 1 aromatic heterocycles. The molecule has 1 atom stereocenters. The van der Waals surface area contributed by atoms with E-state index in [-0.39, 0.29) is 24.8 Å². The topological polar surface area (TPSA) is 57.4 Å². The molecule has 1 unspecified atom stereocenters. The smallest absolute Gasteiger partial charge is 0.134 e. The molecule has 0 bridgehead atoms. The van der Waals surface area contributed by atoms with Crippen LogP contribution in [-0.2, 0) is 6.54 Å². The predicted molar refractivity (Wildman–Crippen MR) is 92.1 cm³/mol. The molecular formula is C19H26Cl2N2O2-2. The minimum atomic E-state index is -0.435. The van der Waals surface area contributed by atoms with E-state index in [1.54, 1.807) is 6.92 Å². The number of piperidine rings is 1. The van der Waals surface area contributed by atoms with Crippen molar-refractivity contribution in [1.29, 1.82) is 0 Å². The van der Waals surface area contributed by atoms with Crippen molar-refractivity contribution in [3.63, 3.8) is 0 Å². The molecule has 6 heteroatoms. The van der Waals surface area contributed by atoms with Crippen molar-refractivity contribution in [2.45, 2.75) is 32.4 Å². The number of hydrogen-bond donors (Lipinski definition) is 3. The monoisotopic (exact) mass is 384 g/mol. The molecule has 2 aromatic rings. The zero-order valence-corrected chi connectivity index (χ0v) is 16.0. The van der Waals surface area contributed by atoms with Crippen LogP contribution in [0, 0.1) is 5.92 Å². The van der Waals surface area contributed by atoms with Gasteiger partial charge in [-0.3, -0.25) is 0 Å². The predicted octanol–water partition coefficient (Wildman–Crippen LogP) is -2.90. The molecule has 4 nitrogen and oxygen atoms in total. The van der Waals surface area contributed by atoms with Crippen LogP contribution in [0.3, 0.4) is 0 Å². The minimum Gasteiger partial charge on any atom is -1.00 e. The number of benzene rings is 1. The molecule has 1 aliphatic rings. The van der Waals surface area contributed by atoms with Crippen LogP contribution in [0.15, 0.2) is 40.8 Å². The van der Waals surface area contributed by atoms with Crippen LogP contribution >= 0.6 is 0 Å². The van der Waals surface area contributed by atoms with Crippen molar-refractivity contribution < 1.29 is 34.3 Å². The lowest BCUT2D eigenvalue weighted by Crippen LogP contribution is -3.00. The van der Waals surface area contributed by atoms with Crippen molar-refractivity contribution in [3.8, 4) is 11.3 Å². The molecule has 0 amide bonds. The van der Waals surface area contributed by atoms with Gasteiger partial charge in [0.2, 0.25) is 0 Å². The fraction of sp³-hybridized carbons (Fsp3) is 0.474. The van der Waals surface area contributed by atoms with Gasteiger partial charge in [0, 0.05) is 5.56 Å². The Morgan fingerprint density at radius 3 is 2.44 bits per heavy atom. The second-order valence-electron chi connectivity index (χ2n) is 6.39. The molecule has 1 aromatic carbocycles. The Morgan fingerprint density at radius 1 is 1.12 bits per heavy atom. The van der Waals surface area contributed by atoms with Crippen molar-refractivity contribution in [3.05, 3.63) is 47.7 Å². The van der Waals surface area contributed by atoms with Crippen molar-refractivity contribution >= 4 is 0 Å². The summed E-state index contributed by atoms with van der Waals surface area (Å²) in [6.07, 6.45) is 2.08. The molecule has 0 aliphatic carbocycles. The molecular weight excluding hydrogens is 359 g/mol. The van der Waals surface area contributed by atoms with Crippen molar-refractivity contribution in [2.24, 2.45) is 5.92 Å². The number of aliphatic hydroxyl groups is 1. The van der Waals surface area contributed by atoms with Gasteiger partial charge in [-0.1, -0.05) is 24.3 Å². The van der Waals surface area contributed by atoms with E-state index in [0.717, 1.165) is 54.7 Å². The Morgan fingerprint density at radius 2 is 1.80 bits per heavy atom. The van der Waals surface area contributed by atoms with Gasteiger partial charge in [-0.2, -0.15) is 0 Å². The number of rotatable bonds is 6. The highest BCUT2D eigenvalue weighted by atomic mass is 35.5. The SMILES string of the molecule is CC(O)c1ccc(-c2ccc(CNCC3CCNCC3)o2)cc1.[Cl-].[Cl-]. The molecule has 1 saturated heterocycles. The zero-order valence-electron chi connectivity index (χ0n) is 14.5. The van der Waals surface area contributed by atoms with E-state index in [2.05, 4.69) is 10.6 Å². The minimum absolute atomic E-state index is 0. The van der Waals surface area contributed by atoms with Gasteiger partial charge in [0.25, 0.3) is 0 Å². The second kappa shape index (κ2) is 10.8. The zero-order chi connectivity index (χ0) is 16.1. The summed E-state index contributed by atoms with van der Waals surface area (Å²) in [5, 5.41) is 16.5. The van der Waals surface area contributed by atoms with Crippen LogP contribution in [0.25, 0.3) is 11.3 Å². The Hall–Kier alpha value is -1.04. The van der Waals surface area contributed by atoms with Crippen LogP contribution in [-0.4, -0.2) is 24.7 Å². The average molecular weight is 385 g/mol. The summed E-state index contributed by atoms with van der Waals surface area (Å²) in [5.74, 6) is 2.62. The molecule has 3 rings (SSSR count). The number of hydrogen-bond acceptors (Lipinski definition) is 4. The van der Waals surface area contributed by atoms with E-state index in [9.17, 15) is 5.11 Å². The summed E-state index contributed by atoms with van der Waals surface area (Å²) >= 11 is 0. The lowest BCUT2D eigenvalue weighted by atomic mass is 9.98. The number of nitrogens with one attached hydrogen (secondary N) is 2. The van der Waals surface area contributed by atoms with Crippen LogP contribution in [0.5, 0.6) is 0 Å². The van der Waals surface area contributed by atoms with Gasteiger partial charge in [0.15, 0.2) is 0 Å². The number of halogens is 2. The Balaban J connectivity index is 0.00000156. The Labute approximate surface area is 162 Å². The van der Waals surface area contributed by atoms with E-state index in [1.807, 2.05) is 36.4 Å². The highest BCUT2D eigenvalue weighted by molar-refractivity contribution is 5.58. The fourth-order valence-corrected chi connectivity index (χ4v) is 3.04. The van der Waals surface area contributed by atoms with Crippen LogP contribution < -0.4 is 35.4 Å². The highest BCUT2D eigenvalue weighted by Crippen LogP contribution is 2.24. The van der Waals surface area contributed by atoms with Crippen LogP contribution in [0.1, 0.15) is 37.2 Å². The summed E-state index contributed by atoms with van der Waals surface area (Å²) in [5.41, 5.74) is 1.96. The highest BCUT2D eigenvalue weighted by Gasteiger charge is 2.12. The van der Waals surface area contributed by atoms with Gasteiger partial charge in [-0.25, -0.2) is 0 Å². The third-order valence-electron chi connectivity index (χ3n) is 4.53. The first-order valence-electron chi connectivity index (χ1n) is 8.51. The van der Waals surface area contributed by atoms with Crippen LogP contribution in [0.4, 0.5) is 0 Å². The lowest BCUT2D eigenvalue weighted by Gasteiger charge is -2.22. The second-order valence-corrected chi connectivity index (χ2v) is 6.39. The third kappa shape index (κ3) is 6.32. The standard InChI is InChI=1S/C19H26N2O2.2ClH/c1-14(22)16-2-4-17(5-3-16)19-7-6-18(23-19)13-21-12-15-8-10-20-11-9-15;;/h2-7,14-15,20-22H,8-13H2,1H3;2*1H/p-2. The fourth-order valence-electron chi connectivity index (χ4n) is 3.04. The van der Waals surface area contributed by atoms with Crippen LogP contribution in [0.2, 0.25) is 0 Å². The maximum absolute atomic E-state index is 9.56. The first-order chi connectivity index (χ1) is 11.2. The normalized spacial score (nSPS) is 15.9. The molecule has 25 heavy (non-hydrogen) atoms. The van der Waals surface area contributed by atoms with E-state index in [4.69, 9.17) is 4.42 Å². The number of furan rings is 1. The first-order valence-corrected chi connectivity index (χ1v) is 8.51. The van der Waals surface area contributed by atoms with Gasteiger partial charge in [0.1, 0.15) is 11.5 Å². The summed E-state index contributed by atoms with van der Waals surface area (Å²) in [6, 6.07) is 11.9. The third-order valence-corrected chi connectivity index (χ3v) is 4.53.